The maximum Gasteiger partial charge on any atom is 0.140 e. The minimum atomic E-state index is 0.275. The number of nitrogens with one attached hydrogen (secondary N) is 2. The number of hydrogen-bond donors (Lipinski definition) is 2. The van der Waals surface area contributed by atoms with Crippen molar-refractivity contribution in [2.45, 2.75) is 25.4 Å². The van der Waals surface area contributed by atoms with Crippen LogP contribution >= 0.6 is 0 Å². The summed E-state index contributed by atoms with van der Waals surface area (Å²) < 4.78 is 5.35. The molecule has 0 bridgehead atoms. The highest BCUT2D eigenvalue weighted by molar-refractivity contribution is 5.81. The number of H-pyrrole nitrogens is 1. The number of methoxy groups -OCH3 is 1. The predicted molar refractivity (Wildman–Crippen MR) is 124 cm³/mol. The highest BCUT2D eigenvalue weighted by Crippen LogP contribution is 2.33. The topological polar surface area (TPSA) is 89.9 Å². The summed E-state index contributed by atoms with van der Waals surface area (Å²) in [5.41, 5.74) is 4.58. The zero-order valence-corrected chi connectivity index (χ0v) is 17.9. The van der Waals surface area contributed by atoms with Crippen molar-refractivity contribution in [3.8, 4) is 11.8 Å². The molecule has 5 rings (SSSR count). The van der Waals surface area contributed by atoms with Crippen LogP contribution in [0.15, 0.2) is 60.8 Å². The molecule has 0 spiro atoms. The fourth-order valence-electron chi connectivity index (χ4n) is 4.34. The van der Waals surface area contributed by atoms with Crippen molar-refractivity contribution < 1.29 is 4.74 Å². The molecule has 4 heterocycles. The van der Waals surface area contributed by atoms with Crippen molar-refractivity contribution >= 4 is 22.4 Å². The SMILES string of the molecule is COc1ccc2[nH]c(CN3CCC[C@H]3c3cccc(Nc4ccc(C#N)nc4)n3)cc2c1. The van der Waals surface area contributed by atoms with Gasteiger partial charge in [-0.05, 0) is 67.9 Å². The van der Waals surface area contributed by atoms with Gasteiger partial charge >= 0.3 is 0 Å². The molecule has 0 unspecified atom stereocenters. The minimum absolute atomic E-state index is 0.275. The lowest BCUT2D eigenvalue weighted by Gasteiger charge is -2.24. The Hall–Kier alpha value is -3.89. The molecule has 0 saturated carbocycles. The number of nitrogens with zero attached hydrogens (tertiary/aromatic N) is 4. The highest BCUT2D eigenvalue weighted by Gasteiger charge is 2.27. The molecule has 4 aromatic rings. The summed E-state index contributed by atoms with van der Waals surface area (Å²) in [4.78, 5) is 15.0. The first kappa shape index (κ1) is 20.0. The first-order chi connectivity index (χ1) is 15.7. The van der Waals surface area contributed by atoms with Crippen molar-refractivity contribution in [3.63, 3.8) is 0 Å². The number of nitriles is 1. The van der Waals surface area contributed by atoms with E-state index in [1.165, 1.54) is 5.69 Å². The second kappa shape index (κ2) is 8.69. The van der Waals surface area contributed by atoms with Crippen LogP contribution < -0.4 is 10.1 Å². The molecule has 0 amide bonds. The molecule has 1 aliphatic rings. The van der Waals surface area contributed by atoms with Crippen LogP contribution in [0.25, 0.3) is 10.9 Å². The van der Waals surface area contributed by atoms with Gasteiger partial charge in [0.1, 0.15) is 23.3 Å². The van der Waals surface area contributed by atoms with Crippen LogP contribution in [0.3, 0.4) is 0 Å². The first-order valence-electron chi connectivity index (χ1n) is 10.7. The van der Waals surface area contributed by atoms with Crippen LogP contribution in [0.5, 0.6) is 5.75 Å². The summed E-state index contributed by atoms with van der Waals surface area (Å²) in [6, 6.07) is 20.2. The smallest absolute Gasteiger partial charge is 0.140 e. The fraction of sp³-hybridized carbons (Fsp3) is 0.240. The number of hydrogen-bond acceptors (Lipinski definition) is 6. The Balaban J connectivity index is 1.33. The molecular weight excluding hydrogens is 400 g/mol. The van der Waals surface area contributed by atoms with E-state index in [2.05, 4.69) is 44.5 Å². The predicted octanol–water partition coefficient (Wildman–Crippen LogP) is 4.92. The Labute approximate surface area is 186 Å². The highest BCUT2D eigenvalue weighted by atomic mass is 16.5. The number of aromatic nitrogens is 3. The number of anilines is 2. The van der Waals surface area contributed by atoms with Gasteiger partial charge in [-0.3, -0.25) is 4.90 Å². The Morgan fingerprint density at radius 1 is 1.22 bits per heavy atom. The zero-order chi connectivity index (χ0) is 21.9. The molecule has 3 aromatic heterocycles. The van der Waals surface area contributed by atoms with Crippen LogP contribution in [0.1, 0.15) is 36.0 Å². The van der Waals surface area contributed by atoms with Gasteiger partial charge < -0.3 is 15.0 Å². The summed E-state index contributed by atoms with van der Waals surface area (Å²) in [7, 11) is 1.69. The number of ether oxygens (including phenoxy) is 1. The van der Waals surface area contributed by atoms with E-state index in [0.29, 0.717) is 5.69 Å². The number of likely N-dealkylation sites (tertiary alicyclic amines) is 1. The lowest BCUT2D eigenvalue weighted by atomic mass is 10.1. The molecule has 1 aliphatic heterocycles. The van der Waals surface area contributed by atoms with Crippen LogP contribution in [0.4, 0.5) is 11.5 Å². The van der Waals surface area contributed by atoms with Crippen molar-refractivity contribution in [3.05, 3.63) is 77.9 Å². The van der Waals surface area contributed by atoms with E-state index in [9.17, 15) is 0 Å². The van der Waals surface area contributed by atoms with Gasteiger partial charge in [-0.15, -0.1) is 0 Å². The Kier molecular flexibility index (Phi) is 5.44. The molecule has 0 aliphatic carbocycles. The summed E-state index contributed by atoms with van der Waals surface area (Å²) in [6.45, 7) is 1.89. The average Bonchev–Trinajstić information content (AvgIpc) is 3.45. The molecule has 1 fully saturated rings. The van der Waals surface area contributed by atoms with E-state index in [0.717, 1.165) is 59.8 Å². The largest absolute Gasteiger partial charge is 0.497 e. The molecule has 7 heteroatoms. The van der Waals surface area contributed by atoms with E-state index in [1.54, 1.807) is 19.4 Å². The Bertz CT molecular complexity index is 1270. The van der Waals surface area contributed by atoms with Gasteiger partial charge in [0.25, 0.3) is 0 Å². The van der Waals surface area contributed by atoms with Gasteiger partial charge in [0.05, 0.1) is 30.7 Å². The third-order valence-corrected chi connectivity index (χ3v) is 5.88. The van der Waals surface area contributed by atoms with E-state index < -0.39 is 0 Å². The van der Waals surface area contributed by atoms with E-state index >= 15 is 0 Å². The number of benzene rings is 1. The molecule has 1 aromatic carbocycles. The number of pyridine rings is 2. The molecule has 160 valence electrons. The van der Waals surface area contributed by atoms with Gasteiger partial charge in [0, 0.05) is 23.1 Å². The summed E-state index contributed by atoms with van der Waals surface area (Å²) in [6.07, 6.45) is 3.89. The van der Waals surface area contributed by atoms with Crippen molar-refractivity contribution in [2.24, 2.45) is 0 Å². The molecule has 1 atom stereocenters. The maximum atomic E-state index is 8.91. The molecule has 1 saturated heterocycles. The molecule has 0 radical (unpaired) electrons. The van der Waals surface area contributed by atoms with E-state index in [1.807, 2.05) is 30.3 Å². The Morgan fingerprint density at radius 3 is 2.97 bits per heavy atom. The van der Waals surface area contributed by atoms with E-state index in [-0.39, 0.29) is 6.04 Å². The molecule has 7 nitrogen and oxygen atoms in total. The summed E-state index contributed by atoms with van der Waals surface area (Å²) in [5, 5.41) is 13.4. The van der Waals surface area contributed by atoms with Gasteiger partial charge in [-0.1, -0.05) is 6.07 Å². The number of fused-ring (bicyclic) bond motifs is 1. The van der Waals surface area contributed by atoms with Gasteiger partial charge in [-0.2, -0.15) is 5.26 Å². The maximum absolute atomic E-state index is 8.91. The lowest BCUT2D eigenvalue weighted by Crippen LogP contribution is -2.23. The fourth-order valence-corrected chi connectivity index (χ4v) is 4.34. The van der Waals surface area contributed by atoms with Crippen LogP contribution in [0, 0.1) is 11.3 Å². The molecule has 2 N–H and O–H groups in total. The normalized spacial score (nSPS) is 16.2. The number of rotatable bonds is 6. The van der Waals surface area contributed by atoms with Crippen LogP contribution in [-0.4, -0.2) is 33.5 Å². The summed E-state index contributed by atoms with van der Waals surface area (Å²) in [5.74, 6) is 1.65. The second-order valence-corrected chi connectivity index (χ2v) is 7.99. The minimum Gasteiger partial charge on any atom is -0.497 e. The number of aromatic amines is 1. The standard InChI is InChI=1S/C25H24N6O/c1-32-21-9-10-22-17(13-21)12-20(28-22)16-31-11-3-5-24(31)23-4-2-6-25(30-23)29-19-8-7-18(14-26)27-15-19/h2,4,6-10,12-13,15,24,28H,3,5,11,16H2,1H3,(H,29,30)/t24-/m0/s1. The van der Waals surface area contributed by atoms with Gasteiger partial charge in [0.2, 0.25) is 0 Å². The zero-order valence-electron chi connectivity index (χ0n) is 17.9. The molecular formula is C25H24N6O. The Morgan fingerprint density at radius 2 is 2.16 bits per heavy atom. The molecule has 32 heavy (non-hydrogen) atoms. The third kappa shape index (κ3) is 4.13. The first-order valence-corrected chi connectivity index (χ1v) is 10.7. The van der Waals surface area contributed by atoms with Crippen molar-refractivity contribution in [2.75, 3.05) is 19.0 Å². The van der Waals surface area contributed by atoms with Gasteiger partial charge in [-0.25, -0.2) is 9.97 Å². The average molecular weight is 425 g/mol. The third-order valence-electron chi connectivity index (χ3n) is 5.88. The monoisotopic (exact) mass is 424 g/mol. The second-order valence-electron chi connectivity index (χ2n) is 7.99. The van der Waals surface area contributed by atoms with Crippen molar-refractivity contribution in [1.29, 1.82) is 5.26 Å². The van der Waals surface area contributed by atoms with Crippen LogP contribution in [0.2, 0.25) is 0 Å². The summed E-state index contributed by atoms with van der Waals surface area (Å²) >= 11 is 0. The van der Waals surface area contributed by atoms with Gasteiger partial charge in [0.15, 0.2) is 0 Å². The van der Waals surface area contributed by atoms with E-state index in [4.69, 9.17) is 15.0 Å². The van der Waals surface area contributed by atoms with Crippen molar-refractivity contribution in [1.82, 2.24) is 19.9 Å². The van der Waals surface area contributed by atoms with Crippen LogP contribution in [-0.2, 0) is 6.54 Å². The quantitative estimate of drug-likeness (QED) is 0.457. The lowest BCUT2D eigenvalue weighted by molar-refractivity contribution is 0.242.